The summed E-state index contributed by atoms with van der Waals surface area (Å²) in [7, 11) is 0. The van der Waals surface area contributed by atoms with Gasteiger partial charge in [0.15, 0.2) is 11.3 Å². The van der Waals surface area contributed by atoms with Crippen LogP contribution < -0.4 is 5.73 Å². The topological polar surface area (TPSA) is 89.8 Å². The molecule has 0 aliphatic carbocycles. The third-order valence-electron chi connectivity index (χ3n) is 1.78. The maximum atomic E-state index is 9.31. The van der Waals surface area contributed by atoms with E-state index >= 15 is 0 Å². The Morgan fingerprint density at radius 2 is 2.36 bits per heavy atom. The summed E-state index contributed by atoms with van der Waals surface area (Å²) in [4.78, 5) is 11.9. The highest BCUT2D eigenvalue weighted by Gasteiger charge is 2.09. The van der Waals surface area contributed by atoms with Crippen LogP contribution in [0.2, 0.25) is 0 Å². The second-order valence-electron chi connectivity index (χ2n) is 2.78. The van der Waals surface area contributed by atoms with E-state index in [1.54, 1.807) is 6.08 Å². The molecule has 0 aliphatic heterocycles. The molecule has 0 spiro atoms. The van der Waals surface area contributed by atoms with Crippen molar-refractivity contribution in [2.24, 2.45) is 0 Å². The van der Waals surface area contributed by atoms with Crippen molar-refractivity contribution >= 4 is 17.0 Å². The molecule has 0 bridgehead atoms. The largest absolute Gasteiger partial charge is 0.425 e. The van der Waals surface area contributed by atoms with Crippen LogP contribution in [0.25, 0.3) is 11.2 Å². The number of fused-ring (bicyclic) bond motifs is 1. The van der Waals surface area contributed by atoms with Crippen molar-refractivity contribution in [3.8, 4) is 0 Å². The van der Waals surface area contributed by atoms with Gasteiger partial charge in [-0.25, -0.2) is 15.0 Å². The summed E-state index contributed by atoms with van der Waals surface area (Å²) in [6, 6.07) is 0. The molecule has 14 heavy (non-hydrogen) atoms. The highest BCUT2D eigenvalue weighted by molar-refractivity contribution is 5.81. The molecule has 0 fully saturated rings. The van der Waals surface area contributed by atoms with E-state index in [4.69, 9.17) is 5.73 Å². The van der Waals surface area contributed by atoms with Gasteiger partial charge in [-0.2, -0.15) is 4.73 Å². The second-order valence-corrected chi connectivity index (χ2v) is 2.78. The van der Waals surface area contributed by atoms with Crippen molar-refractivity contribution in [1.82, 2.24) is 19.7 Å². The molecule has 2 aromatic rings. The molecule has 0 amide bonds. The molecule has 2 heterocycles. The number of hydrogen-bond acceptors (Lipinski definition) is 5. The van der Waals surface area contributed by atoms with Gasteiger partial charge in [0, 0.05) is 6.42 Å². The lowest BCUT2D eigenvalue weighted by Gasteiger charge is -1.99. The fourth-order valence-electron chi connectivity index (χ4n) is 1.18. The van der Waals surface area contributed by atoms with E-state index in [0.29, 0.717) is 23.4 Å². The van der Waals surface area contributed by atoms with Crippen molar-refractivity contribution in [3.05, 3.63) is 24.8 Å². The molecule has 0 saturated heterocycles. The first-order valence-corrected chi connectivity index (χ1v) is 4.02. The molecule has 2 rings (SSSR count). The predicted octanol–water partition coefficient (Wildman–Crippen LogP) is 0.374. The van der Waals surface area contributed by atoms with Crippen LogP contribution in [0.3, 0.4) is 0 Å². The van der Waals surface area contributed by atoms with Crippen LogP contribution in [0.5, 0.6) is 0 Å². The zero-order valence-electron chi connectivity index (χ0n) is 7.38. The Morgan fingerprint density at radius 3 is 3.07 bits per heavy atom. The lowest BCUT2D eigenvalue weighted by atomic mass is 10.4. The van der Waals surface area contributed by atoms with Crippen LogP contribution >= 0.6 is 0 Å². The maximum absolute atomic E-state index is 9.31. The summed E-state index contributed by atoms with van der Waals surface area (Å²) in [6.07, 6.45) is 3.40. The van der Waals surface area contributed by atoms with E-state index in [9.17, 15) is 5.21 Å². The first-order valence-electron chi connectivity index (χ1n) is 4.02. The predicted molar refractivity (Wildman–Crippen MR) is 50.8 cm³/mol. The Balaban J connectivity index is 2.68. The highest BCUT2D eigenvalue weighted by atomic mass is 16.5. The van der Waals surface area contributed by atoms with Crippen LogP contribution in [0.4, 0.5) is 5.82 Å². The number of hydrogen-bond donors (Lipinski definition) is 2. The smallest absolute Gasteiger partial charge is 0.201 e. The fraction of sp³-hybridized carbons (Fsp3) is 0.125. The van der Waals surface area contributed by atoms with Gasteiger partial charge in [-0.1, -0.05) is 6.08 Å². The first kappa shape index (κ1) is 8.49. The number of anilines is 1. The quantitative estimate of drug-likeness (QED) is 0.528. The Labute approximate surface area is 79.7 Å². The van der Waals surface area contributed by atoms with Gasteiger partial charge in [-0.15, -0.1) is 6.58 Å². The van der Waals surface area contributed by atoms with Crippen LogP contribution in [0, 0.1) is 0 Å². The van der Waals surface area contributed by atoms with Crippen LogP contribution in [-0.4, -0.2) is 24.9 Å². The van der Waals surface area contributed by atoms with Gasteiger partial charge < -0.3 is 10.9 Å². The molecule has 0 atom stereocenters. The first-order chi connectivity index (χ1) is 6.72. The standard InChI is InChI=1S/C8H9N5O/c1-2-3-5-11-7(9)6-8(12-5)13(14)4-10-6/h2,4,14H,1,3H2,(H2,9,11,12). The van der Waals surface area contributed by atoms with Crippen LogP contribution in [0.1, 0.15) is 5.82 Å². The number of nitrogen functional groups attached to an aromatic ring is 1. The van der Waals surface area contributed by atoms with Gasteiger partial charge in [0.25, 0.3) is 0 Å². The van der Waals surface area contributed by atoms with E-state index < -0.39 is 0 Å². The average Bonchev–Trinajstić information content (AvgIpc) is 2.49. The minimum atomic E-state index is 0.264. The summed E-state index contributed by atoms with van der Waals surface area (Å²) in [5, 5.41) is 9.31. The molecule has 0 aromatic carbocycles. The summed E-state index contributed by atoms with van der Waals surface area (Å²) < 4.78 is 0.819. The number of imidazole rings is 1. The normalized spacial score (nSPS) is 10.6. The van der Waals surface area contributed by atoms with E-state index in [0.717, 1.165) is 4.73 Å². The molecular formula is C8H9N5O. The van der Waals surface area contributed by atoms with E-state index in [1.165, 1.54) is 6.33 Å². The minimum absolute atomic E-state index is 0.264. The summed E-state index contributed by atoms with van der Waals surface area (Å²) in [5.74, 6) is 0.778. The van der Waals surface area contributed by atoms with Gasteiger partial charge in [0.05, 0.1) is 0 Å². The van der Waals surface area contributed by atoms with Crippen LogP contribution in [-0.2, 0) is 6.42 Å². The van der Waals surface area contributed by atoms with Gasteiger partial charge in [-0.3, -0.25) is 0 Å². The summed E-state index contributed by atoms with van der Waals surface area (Å²) in [6.45, 7) is 3.57. The molecule has 2 aromatic heterocycles. The number of allylic oxidation sites excluding steroid dienone is 1. The van der Waals surface area contributed by atoms with E-state index in [1.807, 2.05) is 0 Å². The monoisotopic (exact) mass is 191 g/mol. The zero-order chi connectivity index (χ0) is 10.1. The van der Waals surface area contributed by atoms with Crippen molar-refractivity contribution in [2.45, 2.75) is 6.42 Å². The highest BCUT2D eigenvalue weighted by Crippen LogP contribution is 2.14. The molecule has 0 saturated carbocycles. The average molecular weight is 191 g/mol. The number of aromatic nitrogens is 4. The molecule has 3 N–H and O–H groups in total. The summed E-state index contributed by atoms with van der Waals surface area (Å²) in [5.41, 5.74) is 6.35. The third-order valence-corrected chi connectivity index (χ3v) is 1.78. The van der Waals surface area contributed by atoms with E-state index in [-0.39, 0.29) is 5.82 Å². The summed E-state index contributed by atoms with van der Waals surface area (Å²) >= 11 is 0. The minimum Gasteiger partial charge on any atom is -0.425 e. The third kappa shape index (κ3) is 1.17. The van der Waals surface area contributed by atoms with Crippen molar-refractivity contribution in [1.29, 1.82) is 0 Å². The Morgan fingerprint density at radius 1 is 1.57 bits per heavy atom. The Hall–Kier alpha value is -2.11. The second kappa shape index (κ2) is 2.99. The number of nitrogens with zero attached hydrogens (tertiary/aromatic N) is 4. The van der Waals surface area contributed by atoms with Gasteiger partial charge in [0.1, 0.15) is 12.2 Å². The zero-order valence-corrected chi connectivity index (χ0v) is 7.38. The molecule has 6 heteroatoms. The molecule has 72 valence electrons. The van der Waals surface area contributed by atoms with Crippen molar-refractivity contribution < 1.29 is 5.21 Å². The number of rotatable bonds is 2. The Kier molecular flexibility index (Phi) is 1.81. The van der Waals surface area contributed by atoms with Crippen molar-refractivity contribution in [2.75, 3.05) is 5.73 Å². The fourth-order valence-corrected chi connectivity index (χ4v) is 1.18. The number of nitrogens with two attached hydrogens (primary N) is 1. The SMILES string of the molecule is C=CCc1nc(N)c2ncn(O)c2n1. The van der Waals surface area contributed by atoms with E-state index in [2.05, 4.69) is 21.5 Å². The van der Waals surface area contributed by atoms with Crippen LogP contribution in [0.15, 0.2) is 19.0 Å². The lowest BCUT2D eigenvalue weighted by molar-refractivity contribution is 0.196. The molecule has 0 unspecified atom stereocenters. The maximum Gasteiger partial charge on any atom is 0.201 e. The lowest BCUT2D eigenvalue weighted by Crippen LogP contribution is -2.01. The van der Waals surface area contributed by atoms with Crippen molar-refractivity contribution in [3.63, 3.8) is 0 Å². The molecule has 6 nitrogen and oxygen atoms in total. The van der Waals surface area contributed by atoms with Gasteiger partial charge >= 0.3 is 0 Å². The van der Waals surface area contributed by atoms with Gasteiger partial charge in [0.2, 0.25) is 5.65 Å². The molecule has 0 aliphatic rings. The molecule has 0 radical (unpaired) electrons. The Bertz CT molecular complexity index is 490. The molecular weight excluding hydrogens is 182 g/mol. The van der Waals surface area contributed by atoms with Gasteiger partial charge in [-0.05, 0) is 0 Å².